The Hall–Kier alpha value is -3.06. The van der Waals surface area contributed by atoms with Crippen LogP contribution in [0.4, 0.5) is 5.69 Å². The van der Waals surface area contributed by atoms with E-state index in [9.17, 15) is 9.59 Å². The van der Waals surface area contributed by atoms with E-state index < -0.39 is 6.10 Å². The van der Waals surface area contributed by atoms with Crippen LogP contribution in [-0.4, -0.2) is 55.7 Å². The van der Waals surface area contributed by atoms with Crippen molar-refractivity contribution in [1.29, 1.82) is 0 Å². The molecule has 1 unspecified atom stereocenters. The summed E-state index contributed by atoms with van der Waals surface area (Å²) in [6.07, 6.45) is 3.86. The molecular weight excluding hydrogens is 348 g/mol. The van der Waals surface area contributed by atoms with Gasteiger partial charge in [-0.15, -0.1) is 0 Å². The molecule has 1 aromatic carbocycles. The molecule has 0 bridgehead atoms. The number of ether oxygens (including phenoxy) is 2. The van der Waals surface area contributed by atoms with Gasteiger partial charge in [0.25, 0.3) is 11.8 Å². The van der Waals surface area contributed by atoms with Crippen LogP contribution in [0.3, 0.4) is 0 Å². The molecule has 1 fully saturated rings. The van der Waals surface area contributed by atoms with Gasteiger partial charge in [0, 0.05) is 19.2 Å². The molecule has 0 spiro atoms. The number of rotatable bonds is 3. The SMILES string of the molecule is O=C(C1CN(C(=O)/C=C/c2ccco2)c2ccccc2O1)N1CCOCC1. The van der Waals surface area contributed by atoms with E-state index >= 15 is 0 Å². The molecule has 0 N–H and O–H groups in total. The fourth-order valence-corrected chi connectivity index (χ4v) is 3.19. The number of morpholine rings is 1. The lowest BCUT2D eigenvalue weighted by Crippen LogP contribution is -2.53. The standard InChI is InChI=1S/C20H20N2O5/c23-19(8-7-15-4-3-11-26-15)22-14-18(20(24)21-9-12-25-13-10-21)27-17-6-2-1-5-16(17)22/h1-8,11,18H,9-10,12-14H2/b8-7+. The van der Waals surface area contributed by atoms with Gasteiger partial charge >= 0.3 is 0 Å². The number of furan rings is 1. The molecule has 7 heteroatoms. The Morgan fingerprint density at radius 1 is 1.07 bits per heavy atom. The fourth-order valence-electron chi connectivity index (χ4n) is 3.19. The Bertz CT molecular complexity index is 840. The van der Waals surface area contributed by atoms with E-state index in [-0.39, 0.29) is 18.4 Å². The molecule has 1 atom stereocenters. The Balaban J connectivity index is 1.56. The summed E-state index contributed by atoms with van der Waals surface area (Å²) in [4.78, 5) is 28.9. The highest BCUT2D eigenvalue weighted by Crippen LogP contribution is 2.33. The molecule has 3 heterocycles. The molecular formula is C20H20N2O5. The summed E-state index contributed by atoms with van der Waals surface area (Å²) in [5, 5.41) is 0. The predicted octanol–water partition coefficient (Wildman–Crippen LogP) is 1.95. The molecule has 2 aliphatic heterocycles. The van der Waals surface area contributed by atoms with E-state index in [1.54, 1.807) is 40.3 Å². The number of fused-ring (bicyclic) bond motifs is 1. The monoisotopic (exact) mass is 368 g/mol. The van der Waals surface area contributed by atoms with Crippen molar-refractivity contribution in [3.63, 3.8) is 0 Å². The van der Waals surface area contributed by atoms with Crippen molar-refractivity contribution in [2.24, 2.45) is 0 Å². The van der Waals surface area contributed by atoms with Crippen LogP contribution in [0.2, 0.25) is 0 Å². The quantitative estimate of drug-likeness (QED) is 0.775. The van der Waals surface area contributed by atoms with Gasteiger partial charge in [-0.25, -0.2) is 0 Å². The van der Waals surface area contributed by atoms with Crippen LogP contribution >= 0.6 is 0 Å². The van der Waals surface area contributed by atoms with Crippen LogP contribution in [0, 0.1) is 0 Å². The summed E-state index contributed by atoms with van der Waals surface area (Å²) in [6, 6.07) is 10.8. The first kappa shape index (κ1) is 17.4. The third kappa shape index (κ3) is 3.73. The minimum absolute atomic E-state index is 0.124. The van der Waals surface area contributed by atoms with Crippen LogP contribution in [0.5, 0.6) is 5.75 Å². The summed E-state index contributed by atoms with van der Waals surface area (Å²) < 4.78 is 16.4. The lowest BCUT2D eigenvalue weighted by Gasteiger charge is -2.37. The minimum Gasteiger partial charge on any atom is -0.476 e. The van der Waals surface area contributed by atoms with Gasteiger partial charge in [0.2, 0.25) is 0 Å². The van der Waals surface area contributed by atoms with Gasteiger partial charge in [-0.2, -0.15) is 0 Å². The van der Waals surface area contributed by atoms with Crippen molar-refractivity contribution in [3.05, 3.63) is 54.5 Å². The maximum Gasteiger partial charge on any atom is 0.265 e. The van der Waals surface area contributed by atoms with Crippen molar-refractivity contribution in [2.75, 3.05) is 37.7 Å². The third-order valence-electron chi connectivity index (χ3n) is 4.57. The average Bonchev–Trinajstić information content (AvgIpc) is 3.25. The lowest BCUT2D eigenvalue weighted by atomic mass is 10.1. The zero-order chi connectivity index (χ0) is 18.6. The molecule has 0 radical (unpaired) electrons. The zero-order valence-corrected chi connectivity index (χ0v) is 14.7. The van der Waals surface area contributed by atoms with E-state index in [4.69, 9.17) is 13.9 Å². The summed E-state index contributed by atoms with van der Waals surface area (Å²) in [5.74, 6) is 0.753. The molecule has 140 valence electrons. The minimum atomic E-state index is -0.737. The summed E-state index contributed by atoms with van der Waals surface area (Å²) in [5.41, 5.74) is 0.651. The Morgan fingerprint density at radius 3 is 2.67 bits per heavy atom. The van der Waals surface area contributed by atoms with Crippen LogP contribution in [0.15, 0.2) is 53.2 Å². The van der Waals surface area contributed by atoms with E-state index in [0.717, 1.165) is 0 Å². The molecule has 0 aliphatic carbocycles. The first-order valence-corrected chi connectivity index (χ1v) is 8.88. The van der Waals surface area contributed by atoms with Crippen molar-refractivity contribution in [1.82, 2.24) is 4.90 Å². The number of para-hydroxylation sites is 2. The summed E-state index contributed by atoms with van der Waals surface area (Å²) in [7, 11) is 0. The summed E-state index contributed by atoms with van der Waals surface area (Å²) >= 11 is 0. The second kappa shape index (κ2) is 7.67. The number of carbonyl (C=O) groups excluding carboxylic acids is 2. The van der Waals surface area contributed by atoms with Gasteiger partial charge in [-0.1, -0.05) is 12.1 Å². The highest BCUT2D eigenvalue weighted by Gasteiger charge is 2.35. The summed E-state index contributed by atoms with van der Waals surface area (Å²) in [6.45, 7) is 2.26. The third-order valence-corrected chi connectivity index (χ3v) is 4.57. The van der Waals surface area contributed by atoms with E-state index in [2.05, 4.69) is 0 Å². The van der Waals surface area contributed by atoms with E-state index in [0.29, 0.717) is 43.5 Å². The molecule has 27 heavy (non-hydrogen) atoms. The molecule has 4 rings (SSSR count). The maximum absolute atomic E-state index is 12.9. The topological polar surface area (TPSA) is 72.2 Å². The normalized spacial score (nSPS) is 19.6. The Labute approximate surface area is 156 Å². The molecule has 0 saturated carbocycles. The van der Waals surface area contributed by atoms with Crippen molar-refractivity contribution in [2.45, 2.75) is 6.10 Å². The first-order chi connectivity index (χ1) is 13.2. The number of carbonyl (C=O) groups is 2. The van der Waals surface area contributed by atoms with Crippen LogP contribution in [0.25, 0.3) is 6.08 Å². The number of benzene rings is 1. The van der Waals surface area contributed by atoms with Gasteiger partial charge in [0.15, 0.2) is 6.10 Å². The van der Waals surface area contributed by atoms with Gasteiger partial charge < -0.3 is 23.7 Å². The predicted molar refractivity (Wildman–Crippen MR) is 98.4 cm³/mol. The number of hydrogen-bond acceptors (Lipinski definition) is 5. The van der Waals surface area contributed by atoms with Crippen molar-refractivity contribution < 1.29 is 23.5 Å². The molecule has 2 amide bonds. The molecule has 7 nitrogen and oxygen atoms in total. The highest BCUT2D eigenvalue weighted by molar-refractivity contribution is 6.05. The lowest BCUT2D eigenvalue weighted by molar-refractivity contribution is -0.142. The molecule has 1 saturated heterocycles. The molecule has 2 aliphatic rings. The average molecular weight is 368 g/mol. The van der Waals surface area contributed by atoms with Crippen LogP contribution < -0.4 is 9.64 Å². The number of nitrogens with zero attached hydrogens (tertiary/aromatic N) is 2. The van der Waals surface area contributed by atoms with E-state index in [1.165, 1.54) is 6.08 Å². The van der Waals surface area contributed by atoms with Gasteiger partial charge in [0.05, 0.1) is 31.7 Å². The maximum atomic E-state index is 12.9. The second-order valence-corrected chi connectivity index (χ2v) is 6.31. The van der Waals surface area contributed by atoms with Crippen LogP contribution in [-0.2, 0) is 14.3 Å². The highest BCUT2D eigenvalue weighted by atomic mass is 16.5. The zero-order valence-electron chi connectivity index (χ0n) is 14.7. The number of amides is 2. The Kier molecular flexibility index (Phi) is 4.93. The van der Waals surface area contributed by atoms with Gasteiger partial charge in [0.1, 0.15) is 11.5 Å². The van der Waals surface area contributed by atoms with E-state index in [1.807, 2.05) is 18.2 Å². The van der Waals surface area contributed by atoms with Crippen molar-refractivity contribution >= 4 is 23.6 Å². The first-order valence-electron chi connectivity index (χ1n) is 8.88. The molecule has 2 aromatic rings. The molecule has 1 aromatic heterocycles. The fraction of sp³-hybridized carbons (Fsp3) is 0.300. The smallest absolute Gasteiger partial charge is 0.265 e. The number of anilines is 1. The van der Waals surface area contributed by atoms with Gasteiger partial charge in [-0.3, -0.25) is 9.59 Å². The largest absolute Gasteiger partial charge is 0.476 e. The second-order valence-electron chi connectivity index (χ2n) is 6.31. The van der Waals surface area contributed by atoms with Crippen LogP contribution in [0.1, 0.15) is 5.76 Å². The van der Waals surface area contributed by atoms with Gasteiger partial charge in [-0.05, 0) is 30.3 Å². The van der Waals surface area contributed by atoms with Crippen molar-refractivity contribution in [3.8, 4) is 5.75 Å². The Morgan fingerprint density at radius 2 is 1.89 bits per heavy atom. The number of hydrogen-bond donors (Lipinski definition) is 0.